The van der Waals surface area contributed by atoms with Gasteiger partial charge in [-0.05, 0) is 36.5 Å². The molecule has 1 saturated heterocycles. The smallest absolute Gasteiger partial charge is 0.100 e. The van der Waals surface area contributed by atoms with Gasteiger partial charge in [-0.3, -0.25) is 0 Å². The van der Waals surface area contributed by atoms with Gasteiger partial charge in [0, 0.05) is 45.5 Å². The van der Waals surface area contributed by atoms with Gasteiger partial charge in [-0.25, -0.2) is 4.98 Å². The van der Waals surface area contributed by atoms with Gasteiger partial charge in [0.05, 0.1) is 18.2 Å². The summed E-state index contributed by atoms with van der Waals surface area (Å²) < 4.78 is 8.01. The van der Waals surface area contributed by atoms with Gasteiger partial charge >= 0.3 is 0 Å². The third-order valence-electron chi connectivity index (χ3n) is 5.33. The van der Waals surface area contributed by atoms with E-state index < -0.39 is 0 Å². The van der Waals surface area contributed by atoms with Crippen LogP contribution in [0.3, 0.4) is 0 Å². The van der Waals surface area contributed by atoms with E-state index in [9.17, 15) is 0 Å². The number of nitrogens with one attached hydrogen (secondary N) is 1. The van der Waals surface area contributed by atoms with Crippen LogP contribution < -0.4 is 10.2 Å². The Hall–Kier alpha value is -1.85. The van der Waals surface area contributed by atoms with Crippen molar-refractivity contribution in [1.82, 2.24) is 14.9 Å². The molecule has 3 heterocycles. The first kappa shape index (κ1) is 15.7. The van der Waals surface area contributed by atoms with Crippen molar-refractivity contribution in [3.8, 4) is 0 Å². The molecule has 1 aromatic heterocycles. The van der Waals surface area contributed by atoms with E-state index in [1.54, 1.807) is 0 Å². The van der Waals surface area contributed by atoms with Crippen molar-refractivity contribution in [2.45, 2.75) is 38.0 Å². The summed E-state index contributed by atoms with van der Waals surface area (Å²) in [6.07, 6.45) is 7.16. The molecular formula is C19H26N4O. The fourth-order valence-corrected chi connectivity index (χ4v) is 3.86. The Labute approximate surface area is 143 Å². The molecule has 0 saturated carbocycles. The van der Waals surface area contributed by atoms with Crippen LogP contribution in [0.5, 0.6) is 0 Å². The number of benzene rings is 1. The Kier molecular flexibility index (Phi) is 4.29. The second kappa shape index (κ2) is 6.57. The topological polar surface area (TPSA) is 42.3 Å². The molecule has 24 heavy (non-hydrogen) atoms. The Morgan fingerprint density at radius 2 is 2.25 bits per heavy atom. The van der Waals surface area contributed by atoms with E-state index in [1.165, 1.54) is 28.9 Å². The number of imidazole rings is 1. The van der Waals surface area contributed by atoms with Crippen LogP contribution in [0.4, 0.5) is 5.69 Å². The van der Waals surface area contributed by atoms with Gasteiger partial charge in [-0.2, -0.15) is 0 Å². The molecule has 0 radical (unpaired) electrons. The predicted octanol–water partition coefficient (Wildman–Crippen LogP) is 2.42. The summed E-state index contributed by atoms with van der Waals surface area (Å²) in [7, 11) is 4.20. The molecule has 0 unspecified atom stereocenters. The van der Waals surface area contributed by atoms with E-state index in [0.717, 1.165) is 32.5 Å². The molecule has 5 heteroatoms. The van der Waals surface area contributed by atoms with Gasteiger partial charge in [0.25, 0.3) is 0 Å². The molecule has 0 bridgehead atoms. The van der Waals surface area contributed by atoms with Crippen LogP contribution in [-0.4, -0.2) is 35.8 Å². The minimum absolute atomic E-state index is 0.150. The second-order valence-electron chi connectivity index (χ2n) is 7.03. The number of ether oxygens (including phenoxy) is 1. The highest BCUT2D eigenvalue weighted by Gasteiger charge is 2.25. The van der Waals surface area contributed by atoms with Gasteiger partial charge in [0.2, 0.25) is 0 Å². The maximum atomic E-state index is 5.95. The monoisotopic (exact) mass is 326 g/mol. The Morgan fingerprint density at radius 3 is 3.08 bits per heavy atom. The molecule has 2 atom stereocenters. The average molecular weight is 326 g/mol. The maximum Gasteiger partial charge on any atom is 0.100 e. The molecule has 0 aliphatic carbocycles. The lowest BCUT2D eigenvalue weighted by atomic mass is 10.0. The third kappa shape index (κ3) is 3.06. The van der Waals surface area contributed by atoms with Crippen molar-refractivity contribution >= 4 is 5.69 Å². The maximum absolute atomic E-state index is 5.95. The van der Waals surface area contributed by atoms with Crippen molar-refractivity contribution in [1.29, 1.82) is 0 Å². The van der Waals surface area contributed by atoms with Crippen LogP contribution in [0.1, 0.15) is 35.8 Å². The number of hydrogen-bond acceptors (Lipinski definition) is 4. The summed E-state index contributed by atoms with van der Waals surface area (Å²) in [6.45, 7) is 2.88. The highest BCUT2D eigenvalue weighted by Crippen LogP contribution is 2.29. The molecule has 2 aliphatic rings. The molecule has 0 spiro atoms. The van der Waals surface area contributed by atoms with E-state index in [4.69, 9.17) is 4.74 Å². The number of rotatable bonds is 4. The molecular weight excluding hydrogens is 300 g/mol. The van der Waals surface area contributed by atoms with Gasteiger partial charge < -0.3 is 19.5 Å². The number of anilines is 1. The zero-order valence-corrected chi connectivity index (χ0v) is 14.5. The number of hydrogen-bond donors (Lipinski definition) is 1. The first-order valence-electron chi connectivity index (χ1n) is 8.85. The molecule has 5 nitrogen and oxygen atoms in total. The third-order valence-corrected chi connectivity index (χ3v) is 5.33. The first-order valence-corrected chi connectivity index (χ1v) is 8.85. The van der Waals surface area contributed by atoms with Gasteiger partial charge in [-0.1, -0.05) is 12.1 Å². The largest absolute Gasteiger partial charge is 0.374 e. The van der Waals surface area contributed by atoms with E-state index in [2.05, 4.69) is 45.0 Å². The molecule has 1 N–H and O–H groups in total. The molecule has 2 aliphatic heterocycles. The van der Waals surface area contributed by atoms with Gasteiger partial charge in [-0.15, -0.1) is 0 Å². The summed E-state index contributed by atoms with van der Waals surface area (Å²) in [5.41, 5.74) is 5.42. The van der Waals surface area contributed by atoms with Crippen LogP contribution in [0.2, 0.25) is 0 Å². The Bertz CT molecular complexity index is 711. The lowest BCUT2D eigenvalue weighted by Gasteiger charge is -2.30. The highest BCUT2D eigenvalue weighted by atomic mass is 16.5. The average Bonchev–Trinajstić information content (AvgIpc) is 3.19. The fraction of sp³-hybridized carbons (Fsp3) is 0.526. The second-order valence-corrected chi connectivity index (χ2v) is 7.03. The lowest BCUT2D eigenvalue weighted by molar-refractivity contribution is -0.00404. The number of nitrogens with zero attached hydrogens (tertiary/aromatic N) is 3. The summed E-state index contributed by atoms with van der Waals surface area (Å²) in [6, 6.07) is 7.38. The Balaban J connectivity index is 1.37. The zero-order chi connectivity index (χ0) is 16.5. The Morgan fingerprint density at radius 1 is 1.33 bits per heavy atom. The minimum atomic E-state index is 0.150. The summed E-state index contributed by atoms with van der Waals surface area (Å²) >= 11 is 0. The molecule has 128 valence electrons. The number of fused-ring (bicyclic) bond motifs is 1. The summed E-state index contributed by atoms with van der Waals surface area (Å²) in [5.74, 6) is 0. The molecule has 0 amide bonds. The van der Waals surface area contributed by atoms with E-state index >= 15 is 0 Å². The lowest BCUT2D eigenvalue weighted by Crippen LogP contribution is -2.36. The van der Waals surface area contributed by atoms with Gasteiger partial charge in [0.15, 0.2) is 0 Å². The highest BCUT2D eigenvalue weighted by molar-refractivity contribution is 5.58. The first-order chi connectivity index (χ1) is 11.7. The number of aromatic nitrogens is 2. The van der Waals surface area contributed by atoms with Gasteiger partial charge in [0.1, 0.15) is 6.10 Å². The normalized spacial score (nSPS) is 23.5. The molecule has 4 rings (SSSR count). The van der Waals surface area contributed by atoms with Crippen molar-refractivity contribution in [3.05, 3.63) is 47.5 Å². The van der Waals surface area contributed by atoms with Crippen LogP contribution in [0.15, 0.2) is 30.7 Å². The SMILES string of the molecule is CN1CCc2cc(CN[C@@H]3CCO[C@@H](c4cncn4C)C3)ccc21. The van der Waals surface area contributed by atoms with E-state index in [1.807, 2.05) is 19.6 Å². The molecule has 2 aromatic rings. The van der Waals surface area contributed by atoms with Crippen molar-refractivity contribution in [3.63, 3.8) is 0 Å². The molecule has 1 aromatic carbocycles. The quantitative estimate of drug-likeness (QED) is 0.937. The summed E-state index contributed by atoms with van der Waals surface area (Å²) in [5, 5.41) is 3.73. The van der Waals surface area contributed by atoms with E-state index in [0.29, 0.717) is 6.04 Å². The summed E-state index contributed by atoms with van der Waals surface area (Å²) in [4.78, 5) is 6.55. The minimum Gasteiger partial charge on any atom is -0.374 e. The van der Waals surface area contributed by atoms with Crippen molar-refractivity contribution in [2.75, 3.05) is 25.1 Å². The predicted molar refractivity (Wildman–Crippen MR) is 95.2 cm³/mol. The van der Waals surface area contributed by atoms with Crippen molar-refractivity contribution < 1.29 is 4.74 Å². The number of aryl methyl sites for hydroxylation is 1. The van der Waals surface area contributed by atoms with Crippen LogP contribution >= 0.6 is 0 Å². The fourth-order valence-electron chi connectivity index (χ4n) is 3.86. The molecule has 1 fully saturated rings. The number of likely N-dealkylation sites (N-methyl/N-ethyl adjacent to an activating group) is 1. The van der Waals surface area contributed by atoms with Crippen molar-refractivity contribution in [2.24, 2.45) is 7.05 Å². The van der Waals surface area contributed by atoms with Crippen LogP contribution in [-0.2, 0) is 24.8 Å². The zero-order valence-electron chi connectivity index (χ0n) is 14.5. The van der Waals surface area contributed by atoms with E-state index in [-0.39, 0.29) is 6.10 Å². The standard InChI is InChI=1S/C19H26N4O/c1-22-7-5-15-9-14(3-4-17(15)22)11-21-16-6-8-24-19(10-16)18-12-20-13-23(18)2/h3-4,9,12-13,16,19,21H,5-8,10-11H2,1-2H3/t16-,19-/m1/s1. The van der Waals surface area contributed by atoms with Crippen LogP contribution in [0, 0.1) is 0 Å². The van der Waals surface area contributed by atoms with Crippen LogP contribution in [0.25, 0.3) is 0 Å².